The van der Waals surface area contributed by atoms with Gasteiger partial charge in [-0.3, -0.25) is 19.3 Å². The summed E-state index contributed by atoms with van der Waals surface area (Å²) in [5, 5.41) is 10.1. The molecule has 100 valence electrons. The predicted molar refractivity (Wildman–Crippen MR) is 78.1 cm³/mol. The van der Waals surface area contributed by atoms with Crippen LogP contribution in [-0.4, -0.2) is 20.4 Å². The van der Waals surface area contributed by atoms with Gasteiger partial charge in [0.05, 0.1) is 0 Å². The Labute approximate surface area is 115 Å². The number of nitrogens with zero attached hydrogens (tertiary/aromatic N) is 2. The van der Waals surface area contributed by atoms with Crippen molar-refractivity contribution in [3.05, 3.63) is 38.0 Å². The third kappa shape index (κ3) is 2.44. The van der Waals surface area contributed by atoms with Gasteiger partial charge in [-0.2, -0.15) is 0 Å². The van der Waals surface area contributed by atoms with Crippen molar-refractivity contribution < 1.29 is 5.11 Å². The first-order chi connectivity index (χ1) is 8.93. The van der Waals surface area contributed by atoms with Crippen molar-refractivity contribution in [2.75, 3.05) is 0 Å². The summed E-state index contributed by atoms with van der Waals surface area (Å²) in [5.41, 5.74) is 2.32. The zero-order valence-corrected chi connectivity index (χ0v) is 11.8. The minimum Gasteiger partial charge on any atom is -0.494 e. The Morgan fingerprint density at radius 2 is 2.21 bits per heavy atom. The summed E-state index contributed by atoms with van der Waals surface area (Å²) in [6.45, 7) is 6.07. The molecule has 1 aromatic rings. The average molecular weight is 277 g/mol. The van der Waals surface area contributed by atoms with Crippen molar-refractivity contribution in [1.82, 2.24) is 9.55 Å². The van der Waals surface area contributed by atoms with Crippen molar-refractivity contribution in [3.63, 3.8) is 0 Å². The number of hydrogen-bond donors (Lipinski definition) is 2. The van der Waals surface area contributed by atoms with Gasteiger partial charge in [-0.25, -0.2) is 0 Å². The maximum Gasteiger partial charge on any atom is 0.262 e. The van der Waals surface area contributed by atoms with Crippen LogP contribution >= 0.6 is 12.2 Å². The fourth-order valence-corrected chi connectivity index (χ4v) is 2.30. The Morgan fingerprint density at radius 1 is 1.53 bits per heavy atom. The summed E-state index contributed by atoms with van der Waals surface area (Å²) < 4.78 is 1.69. The van der Waals surface area contributed by atoms with Crippen molar-refractivity contribution in [2.45, 2.75) is 27.3 Å². The molecule has 0 aromatic carbocycles. The quantitative estimate of drug-likeness (QED) is 0.815. The second-order valence-electron chi connectivity index (χ2n) is 4.32. The monoisotopic (exact) mass is 277 g/mol. The minimum atomic E-state index is -0.398. The van der Waals surface area contributed by atoms with E-state index in [1.54, 1.807) is 6.08 Å². The summed E-state index contributed by atoms with van der Waals surface area (Å²) in [6.07, 6.45) is 3.50. The number of aromatic nitrogens is 2. The van der Waals surface area contributed by atoms with Crippen LogP contribution in [-0.2, 0) is 6.54 Å². The summed E-state index contributed by atoms with van der Waals surface area (Å²) in [6, 6.07) is 0. The van der Waals surface area contributed by atoms with E-state index in [1.165, 1.54) is 4.57 Å². The van der Waals surface area contributed by atoms with Crippen LogP contribution in [0, 0.1) is 4.77 Å². The van der Waals surface area contributed by atoms with Crippen molar-refractivity contribution in [3.8, 4) is 5.88 Å². The second kappa shape index (κ2) is 4.97. The highest BCUT2D eigenvalue weighted by Gasteiger charge is 2.13. The molecule has 2 heterocycles. The Kier molecular flexibility index (Phi) is 3.53. The maximum atomic E-state index is 11.9. The summed E-state index contributed by atoms with van der Waals surface area (Å²) in [5.74, 6) is -0.116. The standard InChI is InChI=1S/C13H15N3O2S/c1-4-16-12(18)10(11(17)15-13(16)19)6-9-5-7(2)14-8(9)3/h5-6,18H,4H2,1-3H3,(H,15,17,19). The Hall–Kier alpha value is -1.95. The largest absolute Gasteiger partial charge is 0.494 e. The molecule has 0 amide bonds. The van der Waals surface area contributed by atoms with Gasteiger partial charge in [0, 0.05) is 18.0 Å². The van der Waals surface area contributed by atoms with Gasteiger partial charge in [0.1, 0.15) is 5.56 Å². The van der Waals surface area contributed by atoms with Gasteiger partial charge in [0.15, 0.2) is 4.77 Å². The van der Waals surface area contributed by atoms with Crippen LogP contribution in [0.4, 0.5) is 0 Å². The van der Waals surface area contributed by atoms with Crippen LogP contribution in [0.3, 0.4) is 0 Å². The summed E-state index contributed by atoms with van der Waals surface area (Å²) >= 11 is 5.00. The van der Waals surface area contributed by atoms with E-state index in [1.807, 2.05) is 26.8 Å². The van der Waals surface area contributed by atoms with E-state index in [2.05, 4.69) is 9.98 Å². The second-order valence-corrected chi connectivity index (χ2v) is 4.71. The van der Waals surface area contributed by atoms with Gasteiger partial charge in [-0.1, -0.05) is 0 Å². The SMILES string of the molecule is CCn1c(O)c(C=C2C=C(C)N=C2C)c(=O)[nH]c1=S. The fourth-order valence-electron chi connectivity index (χ4n) is 1.99. The first kappa shape index (κ1) is 13.5. The van der Waals surface area contributed by atoms with E-state index < -0.39 is 5.56 Å². The van der Waals surface area contributed by atoms with E-state index in [0.29, 0.717) is 6.54 Å². The highest BCUT2D eigenvalue weighted by Crippen LogP contribution is 2.21. The summed E-state index contributed by atoms with van der Waals surface area (Å²) in [7, 11) is 0. The molecule has 0 unspecified atom stereocenters. The number of rotatable bonds is 2. The first-order valence-corrected chi connectivity index (χ1v) is 6.36. The lowest BCUT2D eigenvalue weighted by Crippen LogP contribution is -2.16. The molecule has 5 nitrogen and oxygen atoms in total. The van der Waals surface area contributed by atoms with Gasteiger partial charge >= 0.3 is 0 Å². The van der Waals surface area contributed by atoms with E-state index in [-0.39, 0.29) is 16.2 Å². The van der Waals surface area contributed by atoms with Crippen LogP contribution in [0.25, 0.3) is 6.08 Å². The van der Waals surface area contributed by atoms with Crippen molar-refractivity contribution in [1.29, 1.82) is 0 Å². The Bertz CT molecular complexity index is 735. The lowest BCUT2D eigenvalue weighted by molar-refractivity contribution is 0.408. The molecule has 0 aliphatic carbocycles. The number of nitrogens with one attached hydrogen (secondary N) is 1. The van der Waals surface area contributed by atoms with Gasteiger partial charge in [-0.05, 0) is 50.7 Å². The first-order valence-electron chi connectivity index (χ1n) is 5.95. The lowest BCUT2D eigenvalue weighted by atomic mass is 10.1. The maximum absolute atomic E-state index is 11.9. The number of H-pyrrole nitrogens is 1. The number of allylic oxidation sites excluding steroid dienone is 3. The molecule has 2 N–H and O–H groups in total. The topological polar surface area (TPSA) is 70.4 Å². The molecule has 1 aromatic heterocycles. The van der Waals surface area contributed by atoms with Crippen LogP contribution in [0.5, 0.6) is 5.88 Å². The normalized spacial score (nSPS) is 16.7. The molecule has 2 rings (SSSR count). The molecule has 0 saturated carbocycles. The van der Waals surface area contributed by atoms with Crippen LogP contribution < -0.4 is 5.56 Å². The molecule has 1 aliphatic rings. The zero-order chi connectivity index (χ0) is 14.2. The smallest absolute Gasteiger partial charge is 0.262 e. The molecule has 0 fully saturated rings. The molecule has 1 aliphatic heterocycles. The molecular formula is C13H15N3O2S. The van der Waals surface area contributed by atoms with Crippen molar-refractivity contribution >= 4 is 24.0 Å². The molecule has 0 radical (unpaired) electrons. The summed E-state index contributed by atoms with van der Waals surface area (Å²) in [4.78, 5) is 18.7. The van der Waals surface area contributed by atoms with E-state index in [0.717, 1.165) is 17.0 Å². The lowest BCUT2D eigenvalue weighted by Gasteiger charge is -2.08. The number of aromatic hydroxyl groups is 1. The van der Waals surface area contributed by atoms with E-state index in [4.69, 9.17) is 12.2 Å². The third-order valence-electron chi connectivity index (χ3n) is 2.95. The molecular weight excluding hydrogens is 262 g/mol. The molecule has 0 saturated heterocycles. The highest BCUT2D eigenvalue weighted by molar-refractivity contribution is 7.71. The van der Waals surface area contributed by atoms with E-state index in [9.17, 15) is 9.90 Å². The molecule has 6 heteroatoms. The van der Waals surface area contributed by atoms with Crippen LogP contribution in [0.2, 0.25) is 0 Å². The van der Waals surface area contributed by atoms with Crippen molar-refractivity contribution in [2.24, 2.45) is 4.99 Å². The van der Waals surface area contributed by atoms with Gasteiger partial charge in [-0.15, -0.1) is 0 Å². The van der Waals surface area contributed by atoms with Gasteiger partial charge in [0.25, 0.3) is 5.56 Å². The number of aromatic amines is 1. The highest BCUT2D eigenvalue weighted by atomic mass is 32.1. The molecule has 0 atom stereocenters. The van der Waals surface area contributed by atoms with Gasteiger partial charge < -0.3 is 5.11 Å². The minimum absolute atomic E-state index is 0.116. The molecule has 0 bridgehead atoms. The average Bonchev–Trinajstić information content (AvgIpc) is 2.63. The Balaban J connectivity index is 2.66. The van der Waals surface area contributed by atoms with E-state index >= 15 is 0 Å². The third-order valence-corrected chi connectivity index (χ3v) is 3.27. The zero-order valence-electron chi connectivity index (χ0n) is 11.0. The van der Waals surface area contributed by atoms with Crippen LogP contribution in [0.1, 0.15) is 26.3 Å². The Morgan fingerprint density at radius 3 is 2.74 bits per heavy atom. The molecule has 0 spiro atoms. The van der Waals surface area contributed by atoms with Gasteiger partial charge in [0.2, 0.25) is 5.88 Å². The fraction of sp³-hybridized carbons (Fsp3) is 0.308. The number of aliphatic imine (C=N–C) groups is 1. The van der Waals surface area contributed by atoms with Crippen LogP contribution in [0.15, 0.2) is 27.1 Å². The molecule has 19 heavy (non-hydrogen) atoms. The number of hydrogen-bond acceptors (Lipinski definition) is 4. The predicted octanol–water partition coefficient (Wildman–Crippen LogP) is 2.39.